The summed E-state index contributed by atoms with van der Waals surface area (Å²) in [5.74, 6) is 0.187. The molecule has 11 heteroatoms. The average molecular weight is 521 g/mol. The van der Waals surface area contributed by atoms with E-state index in [1.807, 2.05) is 18.2 Å². The number of fused-ring (bicyclic) bond motifs is 1. The van der Waals surface area contributed by atoms with E-state index in [9.17, 15) is 9.59 Å². The molecule has 2 amide bonds. The van der Waals surface area contributed by atoms with Gasteiger partial charge in [0.1, 0.15) is 11.4 Å². The van der Waals surface area contributed by atoms with E-state index >= 15 is 0 Å². The third-order valence-corrected chi connectivity index (χ3v) is 7.70. The number of hydrogen-bond donors (Lipinski definition) is 2. The molecule has 37 heavy (non-hydrogen) atoms. The lowest BCUT2D eigenvalue weighted by atomic mass is 9.90. The van der Waals surface area contributed by atoms with E-state index in [0.717, 1.165) is 37.4 Å². The van der Waals surface area contributed by atoms with Crippen LogP contribution in [0.15, 0.2) is 42.0 Å². The first-order valence-electron chi connectivity index (χ1n) is 12.3. The maximum absolute atomic E-state index is 13.2. The van der Waals surface area contributed by atoms with Crippen molar-refractivity contribution in [1.82, 2.24) is 15.3 Å². The number of hydrogen-bond acceptors (Lipinski definition) is 9. The summed E-state index contributed by atoms with van der Waals surface area (Å²) in [4.78, 5) is 38.8. The molecule has 2 fully saturated rings. The monoisotopic (exact) mass is 520 g/mol. The van der Waals surface area contributed by atoms with Crippen molar-refractivity contribution >= 4 is 39.7 Å². The minimum atomic E-state index is -0.333. The lowest BCUT2D eigenvalue weighted by Gasteiger charge is -2.37. The number of nitrogens with zero attached hydrogens (tertiary/aromatic N) is 4. The molecule has 192 valence electrons. The summed E-state index contributed by atoms with van der Waals surface area (Å²) in [6.07, 6.45) is 3.38. The summed E-state index contributed by atoms with van der Waals surface area (Å²) in [6.45, 7) is 7.92. The molecule has 0 aliphatic carbocycles. The summed E-state index contributed by atoms with van der Waals surface area (Å²) in [5, 5.41) is 8.45. The van der Waals surface area contributed by atoms with Gasteiger partial charge in [-0.05, 0) is 23.8 Å². The fraction of sp³-hybridized carbons (Fsp3) is 0.385. The first kappa shape index (κ1) is 23.8. The lowest BCUT2D eigenvalue weighted by Crippen LogP contribution is -2.44. The zero-order chi connectivity index (χ0) is 25.4. The maximum atomic E-state index is 13.2. The molecule has 3 aromatic rings. The second-order valence-electron chi connectivity index (χ2n) is 9.90. The van der Waals surface area contributed by atoms with Gasteiger partial charge in [0.15, 0.2) is 5.13 Å². The van der Waals surface area contributed by atoms with Gasteiger partial charge in [-0.3, -0.25) is 19.5 Å². The first-order valence-corrected chi connectivity index (χ1v) is 13.2. The maximum Gasteiger partial charge on any atom is 0.275 e. The second-order valence-corrected chi connectivity index (χ2v) is 10.7. The molecule has 5 heterocycles. The molecule has 0 bridgehead atoms. The van der Waals surface area contributed by atoms with E-state index in [-0.39, 0.29) is 22.9 Å². The fourth-order valence-corrected chi connectivity index (χ4v) is 5.46. The van der Waals surface area contributed by atoms with Gasteiger partial charge >= 0.3 is 0 Å². The molecule has 2 saturated heterocycles. The first-order chi connectivity index (χ1) is 18.0. The van der Waals surface area contributed by atoms with E-state index in [2.05, 4.69) is 32.4 Å². The van der Waals surface area contributed by atoms with Gasteiger partial charge in [-0.2, -0.15) is 0 Å². The minimum Gasteiger partial charge on any atom is -0.493 e. The highest BCUT2D eigenvalue weighted by Crippen LogP contribution is 2.34. The Balaban J connectivity index is 1.14. The van der Waals surface area contributed by atoms with Crippen LogP contribution in [0.2, 0.25) is 0 Å². The standard InChI is InChI=1S/C26H28N6O4S/c1-26(14-35-15-26)16-36-18-3-2-17-12-32(24(34)19(17)10-18)25-30-21(13-37-25)23(33)29-20-11-28-5-4-22(20)31-8-6-27-7-9-31/h2-5,10-11,13,27H,6-9,12,14-16H2,1H3,(H,29,33). The second kappa shape index (κ2) is 9.73. The van der Waals surface area contributed by atoms with Crippen molar-refractivity contribution < 1.29 is 19.1 Å². The Hall–Kier alpha value is -3.54. The zero-order valence-corrected chi connectivity index (χ0v) is 21.3. The zero-order valence-electron chi connectivity index (χ0n) is 20.5. The van der Waals surface area contributed by atoms with Crippen LogP contribution < -0.4 is 25.2 Å². The number of nitrogens with one attached hydrogen (secondary N) is 2. The molecular formula is C26H28N6O4S. The van der Waals surface area contributed by atoms with Crippen molar-refractivity contribution in [2.45, 2.75) is 13.5 Å². The van der Waals surface area contributed by atoms with Gasteiger partial charge < -0.3 is 25.0 Å². The molecule has 2 aromatic heterocycles. The molecule has 6 rings (SSSR count). The smallest absolute Gasteiger partial charge is 0.275 e. The van der Waals surface area contributed by atoms with Crippen LogP contribution in [-0.2, 0) is 11.3 Å². The van der Waals surface area contributed by atoms with Crippen LogP contribution in [0.3, 0.4) is 0 Å². The third kappa shape index (κ3) is 4.77. The Bertz CT molecular complexity index is 1330. The average Bonchev–Trinajstić information content (AvgIpc) is 3.52. The Kier molecular flexibility index (Phi) is 6.27. The number of amides is 2. The molecule has 0 atom stereocenters. The molecule has 3 aliphatic rings. The van der Waals surface area contributed by atoms with Crippen LogP contribution in [0.25, 0.3) is 0 Å². The number of carbonyl (C=O) groups is 2. The molecule has 2 N–H and O–H groups in total. The van der Waals surface area contributed by atoms with Crippen molar-refractivity contribution in [3.05, 3.63) is 58.9 Å². The van der Waals surface area contributed by atoms with Crippen LogP contribution in [0.4, 0.5) is 16.5 Å². The van der Waals surface area contributed by atoms with Gasteiger partial charge in [0.25, 0.3) is 11.8 Å². The Morgan fingerprint density at radius 2 is 2.11 bits per heavy atom. The predicted molar refractivity (Wildman–Crippen MR) is 141 cm³/mol. The van der Waals surface area contributed by atoms with Gasteiger partial charge in [-0.1, -0.05) is 13.0 Å². The van der Waals surface area contributed by atoms with Crippen LogP contribution >= 0.6 is 11.3 Å². The van der Waals surface area contributed by atoms with Crippen molar-refractivity contribution in [3.8, 4) is 5.75 Å². The number of aromatic nitrogens is 2. The van der Waals surface area contributed by atoms with Crippen LogP contribution in [-0.4, -0.2) is 67.8 Å². The van der Waals surface area contributed by atoms with Gasteiger partial charge in [-0.25, -0.2) is 4.98 Å². The van der Waals surface area contributed by atoms with Crippen molar-refractivity contribution in [3.63, 3.8) is 0 Å². The number of thiazole rings is 1. The van der Waals surface area contributed by atoms with E-state index in [0.29, 0.717) is 48.5 Å². The van der Waals surface area contributed by atoms with Gasteiger partial charge in [0.2, 0.25) is 0 Å². The lowest BCUT2D eigenvalue weighted by molar-refractivity contribution is -0.120. The van der Waals surface area contributed by atoms with Gasteiger partial charge in [-0.15, -0.1) is 11.3 Å². The SMILES string of the molecule is CC1(COc2ccc3c(c2)C(=O)N(c2nc(C(=O)Nc4cnccc4N4CCNCC4)cs2)C3)COC1. The highest BCUT2D eigenvalue weighted by atomic mass is 32.1. The van der Waals surface area contributed by atoms with Gasteiger partial charge in [0.05, 0.1) is 43.9 Å². The van der Waals surface area contributed by atoms with Crippen LogP contribution in [0.5, 0.6) is 5.75 Å². The molecule has 1 aromatic carbocycles. The predicted octanol–water partition coefficient (Wildman–Crippen LogP) is 2.78. The number of ether oxygens (including phenoxy) is 2. The summed E-state index contributed by atoms with van der Waals surface area (Å²) in [6, 6.07) is 7.51. The van der Waals surface area contributed by atoms with Crippen molar-refractivity contribution in [1.29, 1.82) is 0 Å². The molecular weight excluding hydrogens is 492 g/mol. The summed E-state index contributed by atoms with van der Waals surface area (Å²) < 4.78 is 11.2. The number of benzene rings is 1. The van der Waals surface area contributed by atoms with Crippen molar-refractivity contribution in [2.24, 2.45) is 5.41 Å². The number of carbonyl (C=O) groups excluding carboxylic acids is 2. The largest absolute Gasteiger partial charge is 0.493 e. The highest BCUT2D eigenvalue weighted by molar-refractivity contribution is 7.14. The van der Waals surface area contributed by atoms with E-state index in [1.165, 1.54) is 11.3 Å². The molecule has 3 aliphatic heterocycles. The fourth-order valence-electron chi connectivity index (χ4n) is 4.66. The summed E-state index contributed by atoms with van der Waals surface area (Å²) in [5.41, 5.74) is 3.37. The summed E-state index contributed by atoms with van der Waals surface area (Å²) >= 11 is 1.27. The van der Waals surface area contributed by atoms with Crippen LogP contribution in [0.1, 0.15) is 33.3 Å². The van der Waals surface area contributed by atoms with Crippen LogP contribution in [0, 0.1) is 5.41 Å². The summed E-state index contributed by atoms with van der Waals surface area (Å²) in [7, 11) is 0. The number of rotatable bonds is 7. The van der Waals surface area contributed by atoms with E-state index in [1.54, 1.807) is 28.7 Å². The van der Waals surface area contributed by atoms with Gasteiger partial charge in [0, 0.05) is 48.7 Å². The number of pyridine rings is 1. The minimum absolute atomic E-state index is 0.0223. The third-order valence-electron chi connectivity index (χ3n) is 6.83. The van der Waals surface area contributed by atoms with Crippen molar-refractivity contribution in [2.75, 3.05) is 61.1 Å². The number of piperazine rings is 1. The highest BCUT2D eigenvalue weighted by Gasteiger charge is 2.35. The topological polar surface area (TPSA) is 109 Å². The molecule has 0 unspecified atom stereocenters. The molecule has 0 radical (unpaired) electrons. The Morgan fingerprint density at radius 1 is 1.27 bits per heavy atom. The molecule has 10 nitrogen and oxygen atoms in total. The normalized spacial score (nSPS) is 18.4. The van der Waals surface area contributed by atoms with E-state index < -0.39 is 0 Å². The quantitative estimate of drug-likeness (QED) is 0.490. The Labute approximate surface area is 218 Å². The molecule has 0 spiro atoms. The Morgan fingerprint density at radius 3 is 2.89 bits per heavy atom. The molecule has 0 saturated carbocycles. The van der Waals surface area contributed by atoms with E-state index in [4.69, 9.17) is 9.47 Å². The number of anilines is 3.